The van der Waals surface area contributed by atoms with Crippen LogP contribution in [0.1, 0.15) is 20.8 Å². The maximum atomic E-state index is 6.25. The molecule has 0 atom stereocenters. The van der Waals surface area contributed by atoms with Crippen LogP contribution in [0, 0.1) is 17.8 Å². The van der Waals surface area contributed by atoms with E-state index in [1.165, 1.54) is 5.92 Å². The molecule has 0 spiro atoms. The zero-order valence-electron chi connectivity index (χ0n) is 7.13. The third-order valence-corrected chi connectivity index (χ3v) is 0. The molecule has 0 aromatic rings. The molecule has 0 unspecified atom stereocenters. The van der Waals surface area contributed by atoms with Crippen molar-refractivity contribution < 1.29 is 67.2 Å². The second kappa shape index (κ2) is 46.8. The number of nitrogens with zero attached hydrogens (tertiary/aromatic N) is 1. The second-order valence-electron chi connectivity index (χ2n) is 1.50. The quantitative estimate of drug-likeness (QED) is 0.279. The van der Waals surface area contributed by atoms with Crippen LogP contribution >= 0.6 is 0 Å². The summed E-state index contributed by atoms with van der Waals surface area (Å²) in [5.74, 6) is 1.42. The Morgan fingerprint density at radius 3 is 1.00 bits per heavy atom. The molecular weight excluding hydrogens is 187 g/mol. The van der Waals surface area contributed by atoms with Gasteiger partial charge in [0.2, 0.25) is 0 Å². The SMILES string of the molecule is C[C-](C)C.[C-]#N.[Cl-].[Cu+].[Li+].[Li+]. The first kappa shape index (κ1) is 41.9. The van der Waals surface area contributed by atoms with Crippen LogP contribution in [0.15, 0.2) is 0 Å². The van der Waals surface area contributed by atoms with E-state index in [1.54, 1.807) is 0 Å². The van der Waals surface area contributed by atoms with Gasteiger partial charge < -0.3 is 30.2 Å². The molecule has 0 saturated heterocycles. The number of halogens is 1. The summed E-state index contributed by atoms with van der Waals surface area (Å²) in [7, 11) is 0. The first-order valence-electron chi connectivity index (χ1n) is 1.72. The molecule has 0 aliphatic rings. The zero-order valence-corrected chi connectivity index (χ0v) is 8.82. The number of hydrogen-bond donors (Lipinski definition) is 0. The molecule has 0 heterocycles. The topological polar surface area (TPSA) is 23.8 Å². The van der Waals surface area contributed by atoms with E-state index in [-0.39, 0.29) is 67.2 Å². The van der Waals surface area contributed by atoms with Gasteiger partial charge in [0.1, 0.15) is 0 Å². The average molecular weight is 196 g/mol. The molecular formula is C5H9ClCuLi2N. The average Bonchev–Trinajstić information content (AvgIpc) is 1.41. The van der Waals surface area contributed by atoms with Crippen molar-refractivity contribution in [1.82, 2.24) is 0 Å². The van der Waals surface area contributed by atoms with Gasteiger partial charge in [-0.3, -0.25) is 0 Å². The molecule has 10 heavy (non-hydrogen) atoms. The summed E-state index contributed by atoms with van der Waals surface area (Å²) in [6.07, 6.45) is 0. The Morgan fingerprint density at radius 2 is 1.00 bits per heavy atom. The van der Waals surface area contributed by atoms with Crippen molar-refractivity contribution in [3.05, 3.63) is 12.5 Å². The van der Waals surface area contributed by atoms with Crippen molar-refractivity contribution in [2.75, 3.05) is 0 Å². The van der Waals surface area contributed by atoms with E-state index >= 15 is 0 Å². The van der Waals surface area contributed by atoms with Crippen LogP contribution in [0.5, 0.6) is 0 Å². The van der Waals surface area contributed by atoms with Gasteiger partial charge in [-0.15, -0.1) is 0 Å². The molecule has 0 fully saturated rings. The van der Waals surface area contributed by atoms with E-state index in [1.807, 2.05) is 0 Å². The minimum atomic E-state index is 0. The first-order valence-corrected chi connectivity index (χ1v) is 1.72. The largest absolute Gasteiger partial charge is 1.00 e. The zero-order chi connectivity index (χ0) is 5.58. The van der Waals surface area contributed by atoms with Crippen molar-refractivity contribution in [2.24, 2.45) is 0 Å². The third-order valence-electron chi connectivity index (χ3n) is 0. The van der Waals surface area contributed by atoms with Crippen LogP contribution in [-0.4, -0.2) is 0 Å². The van der Waals surface area contributed by atoms with Gasteiger partial charge in [0.15, 0.2) is 0 Å². The molecule has 0 aromatic carbocycles. The summed E-state index contributed by atoms with van der Waals surface area (Å²) in [6.45, 7) is 11.0. The Labute approximate surface area is 105 Å². The Hall–Kier alpha value is 1.49. The molecule has 0 bridgehead atoms. The van der Waals surface area contributed by atoms with Crippen LogP contribution in [0.3, 0.4) is 0 Å². The van der Waals surface area contributed by atoms with E-state index in [4.69, 9.17) is 11.8 Å². The maximum absolute atomic E-state index is 6.25. The predicted octanol–water partition coefficient (Wildman–Crippen LogP) is -7.27. The molecule has 5 heteroatoms. The molecule has 0 aliphatic heterocycles. The van der Waals surface area contributed by atoms with Crippen molar-refractivity contribution in [2.45, 2.75) is 20.8 Å². The van der Waals surface area contributed by atoms with E-state index in [2.05, 4.69) is 20.8 Å². The van der Waals surface area contributed by atoms with Gasteiger partial charge in [-0.2, -0.15) is 20.8 Å². The molecule has 0 amide bonds. The van der Waals surface area contributed by atoms with Crippen LogP contribution in [-0.2, 0) is 17.1 Å². The molecule has 0 radical (unpaired) electrons. The van der Waals surface area contributed by atoms with E-state index in [0.29, 0.717) is 0 Å². The Bertz CT molecular complexity index is 41.1. The van der Waals surface area contributed by atoms with Gasteiger partial charge >= 0.3 is 54.8 Å². The number of rotatable bonds is 0. The van der Waals surface area contributed by atoms with E-state index in [9.17, 15) is 0 Å². The van der Waals surface area contributed by atoms with Crippen molar-refractivity contribution in [3.63, 3.8) is 0 Å². The van der Waals surface area contributed by atoms with Gasteiger partial charge in [-0.1, -0.05) is 0 Å². The molecule has 0 aromatic heterocycles. The van der Waals surface area contributed by atoms with E-state index < -0.39 is 0 Å². The fourth-order valence-electron chi connectivity index (χ4n) is 0. The molecule has 54 valence electrons. The Morgan fingerprint density at radius 1 is 1.00 bits per heavy atom. The summed E-state index contributed by atoms with van der Waals surface area (Å²) in [5.41, 5.74) is 0. The van der Waals surface area contributed by atoms with Crippen LogP contribution < -0.4 is 50.1 Å². The minimum absolute atomic E-state index is 0. The Kier molecular flexibility index (Phi) is 196. The van der Waals surface area contributed by atoms with Crippen LogP contribution in [0.25, 0.3) is 0 Å². The summed E-state index contributed by atoms with van der Waals surface area (Å²) in [6, 6.07) is 0. The minimum Gasteiger partial charge on any atom is -1.00 e. The monoisotopic (exact) mass is 195 g/mol. The molecule has 0 N–H and O–H groups in total. The molecule has 1 nitrogen and oxygen atoms in total. The van der Waals surface area contributed by atoms with Gasteiger partial charge in [0.25, 0.3) is 0 Å². The normalized spacial score (nSPS) is 3.80. The van der Waals surface area contributed by atoms with Gasteiger partial charge in [-0.25, -0.2) is 0 Å². The van der Waals surface area contributed by atoms with Crippen molar-refractivity contribution in [3.8, 4) is 0 Å². The number of hydrogen-bond acceptors (Lipinski definition) is 1. The molecule has 0 saturated carbocycles. The fraction of sp³-hybridized carbons (Fsp3) is 0.600. The summed E-state index contributed by atoms with van der Waals surface area (Å²) in [5, 5.41) is 6.25. The summed E-state index contributed by atoms with van der Waals surface area (Å²) in [4.78, 5) is 0. The Balaban J connectivity index is -0.00000000625. The summed E-state index contributed by atoms with van der Waals surface area (Å²) < 4.78 is 0. The second-order valence-corrected chi connectivity index (χ2v) is 1.50. The van der Waals surface area contributed by atoms with E-state index in [0.717, 1.165) is 0 Å². The molecule has 0 aliphatic carbocycles. The maximum Gasteiger partial charge on any atom is 1.00 e. The van der Waals surface area contributed by atoms with Crippen molar-refractivity contribution in [1.29, 1.82) is 5.26 Å². The first-order chi connectivity index (χ1) is 2.73. The van der Waals surface area contributed by atoms with Gasteiger partial charge in [-0.05, 0) is 0 Å². The van der Waals surface area contributed by atoms with Crippen LogP contribution in [0.4, 0.5) is 0 Å². The van der Waals surface area contributed by atoms with Crippen molar-refractivity contribution >= 4 is 0 Å². The fourth-order valence-corrected chi connectivity index (χ4v) is 0. The molecule has 0 rings (SSSR count). The predicted molar refractivity (Wildman–Crippen MR) is 25.2 cm³/mol. The standard InChI is InChI=1S/C4H9.CN.ClH.Cu.2Li/c1-4(2)3;1-2;;;;/h1-3H3;;1H;;;/q2*-1;;3*+1/p-1. The van der Waals surface area contributed by atoms with Crippen LogP contribution in [0.2, 0.25) is 0 Å². The third kappa shape index (κ3) is 307. The smallest absolute Gasteiger partial charge is 1.00 e. The summed E-state index contributed by atoms with van der Waals surface area (Å²) >= 11 is 0. The van der Waals surface area contributed by atoms with Gasteiger partial charge in [0, 0.05) is 0 Å². The van der Waals surface area contributed by atoms with Gasteiger partial charge in [0.05, 0.1) is 0 Å².